The zero-order chi connectivity index (χ0) is 13.5. The molecule has 0 aromatic heterocycles. The highest BCUT2D eigenvalue weighted by Crippen LogP contribution is 2.21. The molecule has 0 fully saturated rings. The molecule has 0 aliphatic rings. The lowest BCUT2D eigenvalue weighted by atomic mass is 10.1. The molecular weight excluding hydrogens is 257 g/mol. The van der Waals surface area contributed by atoms with Crippen molar-refractivity contribution in [2.75, 3.05) is 13.0 Å². The molecular formula is C13H17ClFNO2. The molecule has 1 unspecified atom stereocenters. The summed E-state index contributed by atoms with van der Waals surface area (Å²) < 4.78 is 18.6. The molecule has 1 atom stereocenters. The SMILES string of the molecule is COc1cccc(F)c1C(=O)NC(C)CCCCl. The van der Waals surface area contributed by atoms with Gasteiger partial charge in [0.05, 0.1) is 7.11 Å². The van der Waals surface area contributed by atoms with Crippen molar-refractivity contribution in [3.8, 4) is 5.75 Å². The Morgan fingerprint density at radius 3 is 2.89 bits per heavy atom. The second-order valence-electron chi connectivity index (χ2n) is 4.02. The summed E-state index contributed by atoms with van der Waals surface area (Å²) in [4.78, 5) is 12.0. The van der Waals surface area contributed by atoms with Gasteiger partial charge in [-0.3, -0.25) is 4.79 Å². The van der Waals surface area contributed by atoms with Gasteiger partial charge in [-0.1, -0.05) is 6.07 Å². The Hall–Kier alpha value is -1.29. The first-order chi connectivity index (χ1) is 8.60. The minimum Gasteiger partial charge on any atom is -0.496 e. The second kappa shape index (κ2) is 7.21. The van der Waals surface area contributed by atoms with Crippen molar-refractivity contribution in [2.24, 2.45) is 0 Å². The predicted molar refractivity (Wildman–Crippen MR) is 69.8 cm³/mol. The molecule has 0 radical (unpaired) electrons. The van der Waals surface area contributed by atoms with E-state index >= 15 is 0 Å². The quantitative estimate of drug-likeness (QED) is 0.809. The van der Waals surface area contributed by atoms with E-state index in [1.54, 1.807) is 6.07 Å². The standard InChI is InChI=1S/C13H17ClFNO2/c1-9(5-4-8-14)16-13(17)12-10(15)6-3-7-11(12)18-2/h3,6-7,9H,4-5,8H2,1-2H3,(H,16,17). The van der Waals surface area contributed by atoms with E-state index in [2.05, 4.69) is 5.32 Å². The number of hydrogen-bond acceptors (Lipinski definition) is 2. The van der Waals surface area contributed by atoms with Crippen LogP contribution in [0.2, 0.25) is 0 Å². The van der Waals surface area contributed by atoms with Gasteiger partial charge in [0.15, 0.2) is 0 Å². The predicted octanol–water partition coefficient (Wildman–Crippen LogP) is 2.97. The van der Waals surface area contributed by atoms with Crippen LogP contribution in [0.25, 0.3) is 0 Å². The maximum atomic E-state index is 13.6. The number of ether oxygens (including phenoxy) is 1. The average Bonchev–Trinajstić information content (AvgIpc) is 2.35. The minimum absolute atomic E-state index is 0.0550. The summed E-state index contributed by atoms with van der Waals surface area (Å²) in [5.41, 5.74) is -0.0577. The summed E-state index contributed by atoms with van der Waals surface area (Å²) in [6.45, 7) is 1.86. The van der Waals surface area contributed by atoms with E-state index in [0.29, 0.717) is 5.88 Å². The van der Waals surface area contributed by atoms with E-state index in [1.807, 2.05) is 6.92 Å². The summed E-state index contributed by atoms with van der Waals surface area (Å²) >= 11 is 5.58. The van der Waals surface area contributed by atoms with Crippen LogP contribution in [0.5, 0.6) is 5.75 Å². The molecule has 0 aliphatic carbocycles. The topological polar surface area (TPSA) is 38.3 Å². The molecule has 100 valence electrons. The Kier molecular flexibility index (Phi) is 5.92. The lowest BCUT2D eigenvalue weighted by Gasteiger charge is -2.15. The number of rotatable bonds is 6. The third-order valence-electron chi connectivity index (χ3n) is 2.57. The zero-order valence-electron chi connectivity index (χ0n) is 10.5. The van der Waals surface area contributed by atoms with E-state index in [4.69, 9.17) is 16.3 Å². The third kappa shape index (κ3) is 3.88. The van der Waals surface area contributed by atoms with Crippen LogP contribution in [-0.4, -0.2) is 24.9 Å². The number of hydrogen-bond donors (Lipinski definition) is 1. The smallest absolute Gasteiger partial charge is 0.258 e. The Morgan fingerprint density at radius 1 is 1.56 bits per heavy atom. The maximum absolute atomic E-state index is 13.6. The molecule has 0 aliphatic heterocycles. The third-order valence-corrected chi connectivity index (χ3v) is 2.84. The van der Waals surface area contributed by atoms with Crippen LogP contribution in [0.3, 0.4) is 0 Å². The normalized spacial score (nSPS) is 12.0. The van der Waals surface area contributed by atoms with Crippen molar-refractivity contribution >= 4 is 17.5 Å². The molecule has 3 nitrogen and oxygen atoms in total. The molecule has 1 aromatic rings. The highest BCUT2D eigenvalue weighted by molar-refractivity contribution is 6.17. The van der Waals surface area contributed by atoms with Crippen molar-refractivity contribution in [3.05, 3.63) is 29.6 Å². The Labute approximate surface area is 111 Å². The summed E-state index contributed by atoms with van der Waals surface area (Å²) in [5.74, 6) is -0.274. The van der Waals surface area contributed by atoms with Crippen molar-refractivity contribution in [1.82, 2.24) is 5.32 Å². The fourth-order valence-corrected chi connectivity index (χ4v) is 1.80. The van der Waals surface area contributed by atoms with Crippen LogP contribution >= 0.6 is 11.6 Å². The number of alkyl halides is 1. The first-order valence-corrected chi connectivity index (χ1v) is 6.33. The van der Waals surface area contributed by atoms with E-state index in [0.717, 1.165) is 12.8 Å². The lowest BCUT2D eigenvalue weighted by Crippen LogP contribution is -2.33. The molecule has 0 saturated heterocycles. The molecule has 1 N–H and O–H groups in total. The Morgan fingerprint density at radius 2 is 2.28 bits per heavy atom. The van der Waals surface area contributed by atoms with Gasteiger partial charge in [0.2, 0.25) is 0 Å². The molecule has 0 spiro atoms. The number of benzene rings is 1. The summed E-state index contributed by atoms with van der Waals surface area (Å²) in [6.07, 6.45) is 1.56. The number of methoxy groups -OCH3 is 1. The lowest BCUT2D eigenvalue weighted by molar-refractivity contribution is 0.0931. The van der Waals surface area contributed by atoms with Crippen LogP contribution < -0.4 is 10.1 Å². The van der Waals surface area contributed by atoms with E-state index in [-0.39, 0.29) is 17.4 Å². The molecule has 1 amide bonds. The highest BCUT2D eigenvalue weighted by Gasteiger charge is 2.18. The van der Waals surface area contributed by atoms with Crippen LogP contribution in [0.15, 0.2) is 18.2 Å². The molecule has 0 bridgehead atoms. The van der Waals surface area contributed by atoms with E-state index < -0.39 is 11.7 Å². The van der Waals surface area contributed by atoms with Gasteiger partial charge < -0.3 is 10.1 Å². The van der Waals surface area contributed by atoms with Crippen LogP contribution in [0.4, 0.5) is 4.39 Å². The molecule has 1 rings (SSSR count). The van der Waals surface area contributed by atoms with Gasteiger partial charge >= 0.3 is 0 Å². The first kappa shape index (κ1) is 14.8. The van der Waals surface area contributed by atoms with Gasteiger partial charge in [0.25, 0.3) is 5.91 Å². The van der Waals surface area contributed by atoms with Crippen molar-refractivity contribution < 1.29 is 13.9 Å². The van der Waals surface area contributed by atoms with Crippen molar-refractivity contribution in [3.63, 3.8) is 0 Å². The molecule has 0 saturated carbocycles. The first-order valence-electron chi connectivity index (χ1n) is 5.79. The minimum atomic E-state index is -0.587. The Bertz CT molecular complexity index is 412. The fourth-order valence-electron chi connectivity index (χ4n) is 1.65. The molecule has 5 heteroatoms. The summed E-state index contributed by atoms with van der Waals surface area (Å²) in [6, 6.07) is 4.24. The van der Waals surface area contributed by atoms with E-state index in [1.165, 1.54) is 19.2 Å². The van der Waals surface area contributed by atoms with Crippen molar-refractivity contribution in [1.29, 1.82) is 0 Å². The second-order valence-corrected chi connectivity index (χ2v) is 4.40. The van der Waals surface area contributed by atoms with Gasteiger partial charge in [-0.05, 0) is 31.9 Å². The average molecular weight is 274 g/mol. The number of carbonyl (C=O) groups excluding carboxylic acids is 1. The summed E-state index contributed by atoms with van der Waals surface area (Å²) in [5, 5.41) is 2.73. The molecule has 1 aromatic carbocycles. The molecule has 0 heterocycles. The van der Waals surface area contributed by atoms with Crippen molar-refractivity contribution in [2.45, 2.75) is 25.8 Å². The van der Waals surface area contributed by atoms with E-state index in [9.17, 15) is 9.18 Å². The number of amides is 1. The maximum Gasteiger partial charge on any atom is 0.258 e. The fraction of sp³-hybridized carbons (Fsp3) is 0.462. The number of halogens is 2. The zero-order valence-corrected chi connectivity index (χ0v) is 11.3. The number of carbonyl (C=O) groups is 1. The van der Waals surface area contributed by atoms with Gasteiger partial charge in [-0.25, -0.2) is 4.39 Å². The van der Waals surface area contributed by atoms with Crippen LogP contribution in [0.1, 0.15) is 30.1 Å². The largest absolute Gasteiger partial charge is 0.496 e. The van der Waals surface area contributed by atoms with Gasteiger partial charge in [-0.2, -0.15) is 0 Å². The molecule has 18 heavy (non-hydrogen) atoms. The summed E-state index contributed by atoms with van der Waals surface area (Å²) in [7, 11) is 1.41. The monoisotopic (exact) mass is 273 g/mol. The Balaban J connectivity index is 2.78. The van der Waals surface area contributed by atoms with Gasteiger partial charge in [0, 0.05) is 11.9 Å². The number of nitrogens with one attached hydrogen (secondary N) is 1. The van der Waals surface area contributed by atoms with Crippen LogP contribution in [-0.2, 0) is 0 Å². The van der Waals surface area contributed by atoms with Gasteiger partial charge in [-0.15, -0.1) is 11.6 Å². The highest BCUT2D eigenvalue weighted by atomic mass is 35.5. The van der Waals surface area contributed by atoms with Crippen LogP contribution in [0, 0.1) is 5.82 Å². The van der Waals surface area contributed by atoms with Gasteiger partial charge in [0.1, 0.15) is 17.1 Å².